The van der Waals surface area contributed by atoms with Gasteiger partial charge >= 0.3 is 0 Å². The summed E-state index contributed by atoms with van der Waals surface area (Å²) in [6.45, 7) is 4.30. The van der Waals surface area contributed by atoms with Gasteiger partial charge in [0.25, 0.3) is 5.92 Å². The summed E-state index contributed by atoms with van der Waals surface area (Å²) >= 11 is 6.02. The highest BCUT2D eigenvalue weighted by Gasteiger charge is 2.36. The number of hydrogen-bond donors (Lipinski definition) is 0. The highest BCUT2D eigenvalue weighted by Crippen LogP contribution is 2.32. The number of halogens is 3. The molecule has 1 fully saturated rings. The van der Waals surface area contributed by atoms with Crippen LogP contribution in [0.25, 0.3) is 5.65 Å². The van der Waals surface area contributed by atoms with Crippen LogP contribution in [0.3, 0.4) is 0 Å². The SMILES string of the molecule is CCC(c1ccc(Cl)cc1)c1cc2nc(C)cc(N3CCCC(F)(F)C3)n2n1. The van der Waals surface area contributed by atoms with E-state index in [0.717, 1.165) is 23.4 Å². The van der Waals surface area contributed by atoms with Crippen LogP contribution < -0.4 is 4.90 Å². The Morgan fingerprint density at radius 2 is 1.96 bits per heavy atom. The molecule has 0 N–H and O–H groups in total. The van der Waals surface area contributed by atoms with Crippen LogP contribution in [0.2, 0.25) is 5.02 Å². The predicted octanol–water partition coefficient (Wildman–Crippen LogP) is 5.47. The van der Waals surface area contributed by atoms with Crippen molar-refractivity contribution in [2.45, 2.75) is 45.0 Å². The molecule has 28 heavy (non-hydrogen) atoms. The van der Waals surface area contributed by atoms with Gasteiger partial charge in [0.2, 0.25) is 0 Å². The maximum Gasteiger partial charge on any atom is 0.265 e. The third-order valence-electron chi connectivity index (χ3n) is 5.31. The number of piperidine rings is 1. The Morgan fingerprint density at radius 1 is 1.21 bits per heavy atom. The lowest BCUT2D eigenvalue weighted by atomic mass is 9.93. The molecule has 7 heteroatoms. The first-order valence-corrected chi connectivity index (χ1v) is 9.99. The predicted molar refractivity (Wildman–Crippen MR) is 108 cm³/mol. The third kappa shape index (κ3) is 3.70. The zero-order valence-electron chi connectivity index (χ0n) is 16.0. The van der Waals surface area contributed by atoms with Crippen molar-refractivity contribution in [1.82, 2.24) is 14.6 Å². The van der Waals surface area contributed by atoms with Crippen molar-refractivity contribution in [3.63, 3.8) is 0 Å². The van der Waals surface area contributed by atoms with Crippen molar-refractivity contribution in [2.24, 2.45) is 0 Å². The lowest BCUT2D eigenvalue weighted by molar-refractivity contribution is -0.0119. The zero-order chi connectivity index (χ0) is 19.9. The van der Waals surface area contributed by atoms with E-state index < -0.39 is 5.92 Å². The molecule has 1 saturated heterocycles. The lowest BCUT2D eigenvalue weighted by Crippen LogP contribution is -2.43. The summed E-state index contributed by atoms with van der Waals surface area (Å²) in [4.78, 5) is 6.31. The monoisotopic (exact) mass is 404 g/mol. The first kappa shape index (κ1) is 19.1. The fourth-order valence-corrected chi connectivity index (χ4v) is 4.09. The quantitative estimate of drug-likeness (QED) is 0.578. The van der Waals surface area contributed by atoms with Crippen molar-refractivity contribution in [1.29, 1.82) is 0 Å². The summed E-state index contributed by atoms with van der Waals surface area (Å²) in [7, 11) is 0. The van der Waals surface area contributed by atoms with Gasteiger partial charge in [0, 0.05) is 41.7 Å². The summed E-state index contributed by atoms with van der Waals surface area (Å²) in [5.74, 6) is -1.90. The van der Waals surface area contributed by atoms with Gasteiger partial charge in [-0.15, -0.1) is 0 Å². The van der Waals surface area contributed by atoms with Crippen LogP contribution >= 0.6 is 11.6 Å². The summed E-state index contributed by atoms with van der Waals surface area (Å²) in [6.07, 6.45) is 1.27. The molecule has 0 bridgehead atoms. The Bertz CT molecular complexity index is 984. The van der Waals surface area contributed by atoms with Gasteiger partial charge in [-0.2, -0.15) is 9.61 Å². The van der Waals surface area contributed by atoms with E-state index in [-0.39, 0.29) is 18.9 Å². The normalized spacial score (nSPS) is 17.8. The Balaban J connectivity index is 1.77. The fraction of sp³-hybridized carbons (Fsp3) is 0.429. The molecule has 0 saturated carbocycles. The van der Waals surface area contributed by atoms with Crippen LogP contribution in [-0.2, 0) is 0 Å². The smallest absolute Gasteiger partial charge is 0.265 e. The summed E-state index contributed by atoms with van der Waals surface area (Å²) in [5, 5.41) is 5.48. The molecule has 1 atom stereocenters. The first-order valence-electron chi connectivity index (χ1n) is 9.62. The van der Waals surface area contributed by atoms with E-state index in [1.54, 1.807) is 9.42 Å². The summed E-state index contributed by atoms with van der Waals surface area (Å²) in [5.41, 5.74) is 3.49. The minimum atomic E-state index is -2.67. The summed E-state index contributed by atoms with van der Waals surface area (Å²) < 4.78 is 29.7. The van der Waals surface area contributed by atoms with E-state index in [0.29, 0.717) is 29.5 Å². The Morgan fingerprint density at radius 3 is 2.64 bits per heavy atom. The maximum atomic E-state index is 14.0. The molecule has 0 spiro atoms. The van der Waals surface area contributed by atoms with Crippen LogP contribution in [0.4, 0.5) is 14.6 Å². The number of aromatic nitrogens is 3. The largest absolute Gasteiger partial charge is 0.350 e. The van der Waals surface area contributed by atoms with Gasteiger partial charge in [-0.1, -0.05) is 30.7 Å². The second kappa shape index (κ2) is 7.32. The number of benzene rings is 1. The Labute approximate surface area is 168 Å². The average molecular weight is 405 g/mol. The molecule has 4 rings (SSSR count). The Kier molecular flexibility index (Phi) is 5.00. The van der Waals surface area contributed by atoms with Gasteiger partial charge in [0.05, 0.1) is 12.2 Å². The fourth-order valence-electron chi connectivity index (χ4n) is 3.97. The minimum Gasteiger partial charge on any atom is -0.350 e. The zero-order valence-corrected chi connectivity index (χ0v) is 16.8. The molecular weight excluding hydrogens is 382 g/mol. The van der Waals surface area contributed by atoms with Crippen molar-refractivity contribution in [3.05, 3.63) is 58.4 Å². The van der Waals surface area contributed by atoms with Gasteiger partial charge in [-0.05, 0) is 37.5 Å². The second-order valence-corrected chi connectivity index (χ2v) is 7.92. The molecule has 1 aliphatic heterocycles. The van der Waals surface area contributed by atoms with E-state index in [1.807, 2.05) is 43.3 Å². The number of anilines is 1. The van der Waals surface area contributed by atoms with Crippen molar-refractivity contribution < 1.29 is 8.78 Å². The van der Waals surface area contributed by atoms with Crippen LogP contribution in [0.1, 0.15) is 49.1 Å². The van der Waals surface area contributed by atoms with Crippen molar-refractivity contribution in [2.75, 3.05) is 18.0 Å². The summed E-state index contributed by atoms with van der Waals surface area (Å²) in [6, 6.07) is 11.6. The highest BCUT2D eigenvalue weighted by atomic mass is 35.5. The molecule has 3 aromatic rings. The molecule has 2 aromatic heterocycles. The number of aryl methyl sites for hydroxylation is 1. The molecule has 1 unspecified atom stereocenters. The number of hydrogen-bond acceptors (Lipinski definition) is 3. The van der Waals surface area contributed by atoms with Gasteiger partial charge in [0.15, 0.2) is 5.65 Å². The molecular formula is C21H23ClF2N4. The van der Waals surface area contributed by atoms with Crippen LogP contribution in [0.5, 0.6) is 0 Å². The Hall–Kier alpha value is -2.21. The molecule has 1 aliphatic rings. The molecule has 1 aromatic carbocycles. The van der Waals surface area contributed by atoms with Crippen molar-refractivity contribution in [3.8, 4) is 0 Å². The van der Waals surface area contributed by atoms with Crippen LogP contribution in [0.15, 0.2) is 36.4 Å². The number of nitrogens with zero attached hydrogens (tertiary/aromatic N) is 4. The van der Waals surface area contributed by atoms with E-state index in [1.165, 1.54) is 0 Å². The number of alkyl halides is 2. The standard InChI is InChI=1S/C21H23ClF2N4/c1-3-17(15-5-7-16(22)8-6-15)18-12-19-25-14(2)11-20(28(19)26-18)27-10-4-9-21(23,24)13-27/h5-8,11-12,17H,3-4,9-10,13H2,1-2H3. The first-order chi connectivity index (χ1) is 13.4. The van der Waals surface area contributed by atoms with Crippen LogP contribution in [0, 0.1) is 6.92 Å². The molecule has 0 aliphatic carbocycles. The minimum absolute atomic E-state index is 0.0600. The molecule has 148 valence electrons. The molecule has 0 radical (unpaired) electrons. The topological polar surface area (TPSA) is 33.4 Å². The molecule has 0 amide bonds. The maximum absolute atomic E-state index is 14.0. The van der Waals surface area contributed by atoms with Crippen LogP contribution in [-0.4, -0.2) is 33.6 Å². The molecule has 3 heterocycles. The third-order valence-corrected chi connectivity index (χ3v) is 5.56. The second-order valence-electron chi connectivity index (χ2n) is 7.49. The van der Waals surface area contributed by atoms with Crippen molar-refractivity contribution >= 4 is 23.1 Å². The van der Waals surface area contributed by atoms with E-state index in [2.05, 4.69) is 11.9 Å². The number of rotatable bonds is 4. The van der Waals surface area contributed by atoms with Gasteiger partial charge < -0.3 is 4.90 Å². The van der Waals surface area contributed by atoms with E-state index >= 15 is 0 Å². The lowest BCUT2D eigenvalue weighted by Gasteiger charge is -2.34. The van der Waals surface area contributed by atoms with Gasteiger partial charge in [-0.3, -0.25) is 0 Å². The van der Waals surface area contributed by atoms with E-state index in [9.17, 15) is 8.78 Å². The van der Waals surface area contributed by atoms with E-state index in [4.69, 9.17) is 16.7 Å². The van der Waals surface area contributed by atoms with Gasteiger partial charge in [-0.25, -0.2) is 13.8 Å². The van der Waals surface area contributed by atoms with Gasteiger partial charge in [0.1, 0.15) is 5.82 Å². The number of fused-ring (bicyclic) bond motifs is 1. The average Bonchev–Trinajstić information content (AvgIpc) is 3.05. The molecule has 4 nitrogen and oxygen atoms in total. The highest BCUT2D eigenvalue weighted by molar-refractivity contribution is 6.30.